The Hall–Kier alpha value is -0.650. The maximum absolute atomic E-state index is 12.0. The number of ether oxygens (including phenoxy) is 1. The van der Waals surface area contributed by atoms with Crippen LogP contribution in [0, 0.1) is 0 Å². The maximum atomic E-state index is 12.0. The van der Waals surface area contributed by atoms with Gasteiger partial charge >= 0.3 is 16.2 Å². The topological polar surface area (TPSA) is 60.4 Å². The highest BCUT2D eigenvalue weighted by molar-refractivity contribution is 7.86. The van der Waals surface area contributed by atoms with Gasteiger partial charge in [0.1, 0.15) is 0 Å². The first-order valence-electron chi connectivity index (χ1n) is 4.53. The molecule has 0 bridgehead atoms. The number of unbranched alkanes of at least 4 members (excludes halogenated alkanes) is 2. The minimum absolute atomic E-state index is 0.248. The zero-order valence-electron chi connectivity index (χ0n) is 8.16. The first-order valence-corrected chi connectivity index (χ1v) is 6.09. The fourth-order valence-corrected chi connectivity index (χ4v) is 1.50. The van der Waals surface area contributed by atoms with Gasteiger partial charge in [0.15, 0.2) is 0 Å². The fourth-order valence-electron chi connectivity index (χ4n) is 0.954. The van der Waals surface area contributed by atoms with Gasteiger partial charge in [-0.05, 0) is 19.8 Å². The van der Waals surface area contributed by atoms with Crippen molar-refractivity contribution >= 4 is 16.2 Å². The number of hydrogen-bond acceptors (Lipinski definition) is 4. The van der Waals surface area contributed by atoms with Crippen molar-refractivity contribution in [3.63, 3.8) is 0 Å². The molecule has 0 fully saturated rings. The normalized spacial score (nSPS) is 11.3. The van der Waals surface area contributed by atoms with E-state index in [4.69, 9.17) is 0 Å². The van der Waals surface area contributed by atoms with Crippen molar-refractivity contribution in [2.45, 2.75) is 32.6 Å². The number of hydrogen-bond donors (Lipinski definition) is 0. The summed E-state index contributed by atoms with van der Waals surface area (Å²) in [4.78, 5) is 10.8. The van der Waals surface area contributed by atoms with Gasteiger partial charge in [0, 0.05) is 6.42 Å². The average molecular weight is 226 g/mol. The van der Waals surface area contributed by atoms with Crippen LogP contribution in [-0.2, 0) is 19.8 Å². The van der Waals surface area contributed by atoms with Gasteiger partial charge in [0.25, 0.3) is 0 Å². The summed E-state index contributed by atoms with van der Waals surface area (Å²) in [5.41, 5.74) is 0. The molecule has 0 saturated carbocycles. The largest absolute Gasteiger partial charge is 0.466 e. The van der Waals surface area contributed by atoms with Crippen LogP contribution in [0.15, 0.2) is 0 Å². The molecule has 0 aliphatic carbocycles. The van der Waals surface area contributed by atoms with Crippen LogP contribution in [0.3, 0.4) is 0 Å². The Balaban J connectivity index is 3.34. The molecule has 0 aliphatic rings. The Morgan fingerprint density at radius 2 is 1.93 bits per heavy atom. The molecule has 0 aromatic heterocycles. The van der Waals surface area contributed by atoms with Gasteiger partial charge in [-0.25, -0.2) is 0 Å². The Kier molecular flexibility index (Phi) is 6.44. The van der Waals surface area contributed by atoms with Gasteiger partial charge in [-0.15, -0.1) is 3.89 Å². The van der Waals surface area contributed by atoms with Crippen molar-refractivity contribution in [2.75, 3.05) is 12.4 Å². The summed E-state index contributed by atoms with van der Waals surface area (Å²) in [7, 11) is -4.35. The highest BCUT2D eigenvalue weighted by atomic mass is 32.3. The van der Waals surface area contributed by atoms with Crippen LogP contribution in [0.5, 0.6) is 0 Å². The van der Waals surface area contributed by atoms with Crippen LogP contribution in [0.4, 0.5) is 3.89 Å². The van der Waals surface area contributed by atoms with Crippen molar-refractivity contribution in [3.8, 4) is 0 Å². The van der Waals surface area contributed by atoms with Crippen molar-refractivity contribution in [1.29, 1.82) is 0 Å². The molecule has 0 aromatic carbocycles. The van der Waals surface area contributed by atoms with E-state index >= 15 is 0 Å². The molecule has 0 N–H and O–H groups in total. The monoisotopic (exact) mass is 226 g/mol. The first kappa shape index (κ1) is 13.4. The molecule has 0 amide bonds. The minimum Gasteiger partial charge on any atom is -0.466 e. The molecule has 0 saturated heterocycles. The smallest absolute Gasteiger partial charge is 0.305 e. The second-order valence-electron chi connectivity index (χ2n) is 2.86. The number of carbonyl (C=O) groups is 1. The Bertz CT molecular complexity index is 261. The third kappa shape index (κ3) is 9.44. The lowest BCUT2D eigenvalue weighted by atomic mass is 10.2. The molecule has 0 aliphatic heterocycles. The van der Waals surface area contributed by atoms with Crippen molar-refractivity contribution in [2.24, 2.45) is 0 Å². The van der Waals surface area contributed by atoms with Crippen molar-refractivity contribution in [3.05, 3.63) is 0 Å². The molecule has 0 unspecified atom stereocenters. The molecule has 0 heterocycles. The van der Waals surface area contributed by atoms with Crippen LogP contribution >= 0.6 is 0 Å². The summed E-state index contributed by atoms with van der Waals surface area (Å²) >= 11 is 0. The zero-order valence-corrected chi connectivity index (χ0v) is 8.98. The Morgan fingerprint density at radius 1 is 1.29 bits per heavy atom. The van der Waals surface area contributed by atoms with Gasteiger partial charge in [0.2, 0.25) is 0 Å². The molecule has 0 spiro atoms. The summed E-state index contributed by atoms with van der Waals surface area (Å²) in [5.74, 6) is -0.758. The average Bonchev–Trinajstić information content (AvgIpc) is 2.02. The van der Waals surface area contributed by atoms with Crippen LogP contribution in [-0.4, -0.2) is 26.7 Å². The van der Waals surface area contributed by atoms with Gasteiger partial charge in [-0.1, -0.05) is 6.42 Å². The van der Waals surface area contributed by atoms with Crippen molar-refractivity contribution in [1.82, 2.24) is 0 Å². The maximum Gasteiger partial charge on any atom is 0.305 e. The van der Waals surface area contributed by atoms with Gasteiger partial charge in [-0.3, -0.25) is 4.79 Å². The van der Waals surface area contributed by atoms with E-state index in [1.54, 1.807) is 6.92 Å². The standard InChI is InChI=1S/C8H15FO4S/c1-2-13-8(10)6-4-3-5-7-14(9,11)12/h2-7H2,1H3. The molecule has 0 aromatic rings. The summed E-state index contributed by atoms with van der Waals surface area (Å²) in [6, 6.07) is 0. The summed E-state index contributed by atoms with van der Waals surface area (Å²) in [6.45, 7) is 2.06. The van der Waals surface area contributed by atoms with E-state index in [9.17, 15) is 17.1 Å². The van der Waals surface area contributed by atoms with Gasteiger partial charge < -0.3 is 4.74 Å². The van der Waals surface area contributed by atoms with E-state index in [1.165, 1.54) is 0 Å². The highest BCUT2D eigenvalue weighted by Crippen LogP contribution is 2.04. The predicted molar refractivity (Wildman–Crippen MR) is 50.0 cm³/mol. The lowest BCUT2D eigenvalue weighted by molar-refractivity contribution is -0.143. The summed E-state index contributed by atoms with van der Waals surface area (Å²) in [6.07, 6.45) is 1.56. The van der Waals surface area contributed by atoms with Crippen molar-refractivity contribution < 1.29 is 21.8 Å². The lowest BCUT2D eigenvalue weighted by Gasteiger charge is -2.00. The van der Waals surface area contributed by atoms with Crippen LogP contribution < -0.4 is 0 Å². The second kappa shape index (κ2) is 6.75. The Labute approximate surface area is 83.7 Å². The third-order valence-corrected chi connectivity index (χ3v) is 2.35. The minimum atomic E-state index is -4.35. The third-order valence-electron chi connectivity index (χ3n) is 1.57. The van der Waals surface area contributed by atoms with E-state index in [-0.39, 0.29) is 18.8 Å². The number of rotatable bonds is 7. The molecule has 84 valence electrons. The number of esters is 1. The van der Waals surface area contributed by atoms with E-state index in [2.05, 4.69) is 4.74 Å². The molecule has 0 radical (unpaired) electrons. The zero-order chi connectivity index (χ0) is 11.0. The first-order chi connectivity index (χ1) is 6.45. The van der Waals surface area contributed by atoms with Gasteiger partial charge in [0.05, 0.1) is 12.4 Å². The molecular weight excluding hydrogens is 211 g/mol. The highest BCUT2D eigenvalue weighted by Gasteiger charge is 2.06. The second-order valence-corrected chi connectivity index (χ2v) is 4.34. The van der Waals surface area contributed by atoms with E-state index in [0.29, 0.717) is 19.4 Å². The van der Waals surface area contributed by atoms with Gasteiger partial charge in [-0.2, -0.15) is 8.42 Å². The number of halogens is 1. The molecule has 4 nitrogen and oxygen atoms in total. The quantitative estimate of drug-likeness (QED) is 0.374. The summed E-state index contributed by atoms with van der Waals surface area (Å²) < 4.78 is 36.8. The Morgan fingerprint density at radius 3 is 2.43 bits per heavy atom. The number of carbonyl (C=O) groups excluding carboxylic acids is 1. The lowest BCUT2D eigenvalue weighted by Crippen LogP contribution is -2.04. The van der Waals surface area contributed by atoms with E-state index in [1.807, 2.05) is 0 Å². The molecular formula is C8H15FO4S. The predicted octanol–water partition coefficient (Wildman–Crippen LogP) is 1.41. The van der Waals surface area contributed by atoms with E-state index < -0.39 is 16.0 Å². The molecule has 14 heavy (non-hydrogen) atoms. The summed E-state index contributed by atoms with van der Waals surface area (Å²) in [5, 5.41) is 0. The molecule has 0 atom stereocenters. The van der Waals surface area contributed by atoms with Crippen LogP contribution in [0.1, 0.15) is 32.6 Å². The fraction of sp³-hybridized carbons (Fsp3) is 0.875. The van der Waals surface area contributed by atoms with Crippen LogP contribution in [0.2, 0.25) is 0 Å². The van der Waals surface area contributed by atoms with E-state index in [0.717, 1.165) is 0 Å². The molecule has 0 rings (SSSR count). The van der Waals surface area contributed by atoms with Crippen LogP contribution in [0.25, 0.3) is 0 Å². The molecule has 6 heteroatoms. The SMILES string of the molecule is CCOC(=O)CCCCCS(=O)(=O)F.